The average molecular weight is 288 g/mol. The third-order valence-electron chi connectivity index (χ3n) is 3.88. The first-order valence-corrected chi connectivity index (χ1v) is 7.08. The summed E-state index contributed by atoms with van der Waals surface area (Å²) in [5, 5.41) is 8.94. The van der Waals surface area contributed by atoms with Crippen LogP contribution in [0.5, 0.6) is 5.75 Å². The lowest BCUT2D eigenvalue weighted by Gasteiger charge is -2.34. The van der Waals surface area contributed by atoms with Crippen molar-refractivity contribution in [2.75, 3.05) is 20.8 Å². The summed E-state index contributed by atoms with van der Waals surface area (Å²) in [6.45, 7) is 1.48. The molecule has 0 radical (unpaired) electrons. The van der Waals surface area contributed by atoms with Gasteiger partial charge in [-0.05, 0) is 31.5 Å². The van der Waals surface area contributed by atoms with Crippen LogP contribution in [0, 0.1) is 11.3 Å². The van der Waals surface area contributed by atoms with Gasteiger partial charge in [0.05, 0.1) is 25.9 Å². The Bertz CT molecular complexity index is 551. The van der Waals surface area contributed by atoms with Gasteiger partial charge in [0.2, 0.25) is 0 Å². The zero-order valence-electron chi connectivity index (χ0n) is 12.5. The largest absolute Gasteiger partial charge is 0.496 e. The topological polar surface area (TPSA) is 62.6 Å². The third-order valence-corrected chi connectivity index (χ3v) is 3.88. The second-order valence-electron chi connectivity index (χ2n) is 5.14. The molecule has 0 saturated carbocycles. The molecule has 0 spiro atoms. The van der Waals surface area contributed by atoms with Gasteiger partial charge in [0.15, 0.2) is 0 Å². The molecule has 1 atom stereocenters. The van der Waals surface area contributed by atoms with Crippen molar-refractivity contribution >= 4 is 5.97 Å². The van der Waals surface area contributed by atoms with E-state index in [1.807, 2.05) is 6.07 Å². The smallest absolute Gasteiger partial charge is 0.323 e. The van der Waals surface area contributed by atoms with Crippen LogP contribution < -0.4 is 4.74 Å². The minimum Gasteiger partial charge on any atom is -0.496 e. The van der Waals surface area contributed by atoms with Crippen molar-refractivity contribution in [3.63, 3.8) is 0 Å². The lowest BCUT2D eigenvalue weighted by molar-refractivity contribution is -0.148. The number of carbonyl (C=O) groups is 1. The molecule has 21 heavy (non-hydrogen) atoms. The van der Waals surface area contributed by atoms with Crippen LogP contribution in [0.25, 0.3) is 0 Å². The maximum Gasteiger partial charge on any atom is 0.323 e. The first-order chi connectivity index (χ1) is 10.2. The van der Waals surface area contributed by atoms with Crippen LogP contribution in [0.3, 0.4) is 0 Å². The second-order valence-corrected chi connectivity index (χ2v) is 5.14. The number of piperidine rings is 1. The molecule has 1 aromatic carbocycles. The number of ether oxygens (including phenoxy) is 2. The van der Waals surface area contributed by atoms with E-state index in [1.165, 1.54) is 7.11 Å². The van der Waals surface area contributed by atoms with E-state index in [2.05, 4.69) is 11.0 Å². The fourth-order valence-electron chi connectivity index (χ4n) is 2.75. The van der Waals surface area contributed by atoms with Crippen molar-refractivity contribution in [3.8, 4) is 11.8 Å². The number of methoxy groups -OCH3 is 2. The number of nitriles is 1. The van der Waals surface area contributed by atoms with Gasteiger partial charge in [-0.15, -0.1) is 0 Å². The number of rotatable bonds is 4. The average Bonchev–Trinajstić information content (AvgIpc) is 2.55. The van der Waals surface area contributed by atoms with E-state index in [9.17, 15) is 4.79 Å². The van der Waals surface area contributed by atoms with Gasteiger partial charge in [0.1, 0.15) is 11.8 Å². The Morgan fingerprint density at radius 2 is 2.24 bits per heavy atom. The first kappa shape index (κ1) is 15.3. The van der Waals surface area contributed by atoms with Crippen molar-refractivity contribution in [1.82, 2.24) is 4.90 Å². The molecule has 0 N–H and O–H groups in total. The van der Waals surface area contributed by atoms with Crippen LogP contribution in [-0.4, -0.2) is 37.7 Å². The predicted octanol–water partition coefficient (Wildman–Crippen LogP) is 2.09. The zero-order valence-corrected chi connectivity index (χ0v) is 12.5. The van der Waals surface area contributed by atoms with E-state index in [0.29, 0.717) is 17.9 Å². The highest BCUT2D eigenvalue weighted by atomic mass is 16.5. The molecule has 0 aliphatic carbocycles. The van der Waals surface area contributed by atoms with Crippen LogP contribution >= 0.6 is 0 Å². The summed E-state index contributed by atoms with van der Waals surface area (Å²) in [4.78, 5) is 14.0. The van der Waals surface area contributed by atoms with Crippen molar-refractivity contribution in [1.29, 1.82) is 5.26 Å². The highest BCUT2D eigenvalue weighted by molar-refractivity contribution is 5.75. The molecule has 0 bridgehead atoms. The SMILES string of the molecule is COC(=O)[C@H]1CCCCN1Cc1ccc(C#N)cc1OC. The fraction of sp³-hybridized carbons (Fsp3) is 0.500. The molecule has 5 nitrogen and oxygen atoms in total. The molecule has 1 saturated heterocycles. The highest BCUT2D eigenvalue weighted by Gasteiger charge is 2.29. The van der Waals surface area contributed by atoms with Crippen LogP contribution in [0.2, 0.25) is 0 Å². The maximum atomic E-state index is 11.9. The Balaban J connectivity index is 2.19. The van der Waals surface area contributed by atoms with Crippen LogP contribution in [-0.2, 0) is 16.1 Å². The number of carbonyl (C=O) groups excluding carboxylic acids is 1. The van der Waals surface area contributed by atoms with E-state index in [4.69, 9.17) is 14.7 Å². The van der Waals surface area contributed by atoms with Gasteiger partial charge in [0.25, 0.3) is 0 Å². The normalized spacial score (nSPS) is 18.8. The van der Waals surface area contributed by atoms with Crippen molar-refractivity contribution < 1.29 is 14.3 Å². The zero-order chi connectivity index (χ0) is 15.2. The minimum absolute atomic E-state index is 0.178. The number of hydrogen-bond donors (Lipinski definition) is 0. The molecule has 112 valence electrons. The fourth-order valence-corrected chi connectivity index (χ4v) is 2.75. The van der Waals surface area contributed by atoms with Gasteiger partial charge in [-0.3, -0.25) is 9.69 Å². The minimum atomic E-state index is -0.191. The van der Waals surface area contributed by atoms with Gasteiger partial charge in [-0.25, -0.2) is 0 Å². The molecule has 1 heterocycles. The van der Waals surface area contributed by atoms with Crippen molar-refractivity contribution in [2.24, 2.45) is 0 Å². The van der Waals surface area contributed by atoms with E-state index in [-0.39, 0.29) is 12.0 Å². The molecule has 0 amide bonds. The Labute approximate surface area is 125 Å². The molecule has 5 heteroatoms. The first-order valence-electron chi connectivity index (χ1n) is 7.08. The second kappa shape index (κ2) is 7.09. The Morgan fingerprint density at radius 3 is 2.90 bits per heavy atom. The molecule has 1 aromatic rings. The number of esters is 1. The van der Waals surface area contributed by atoms with E-state index < -0.39 is 0 Å². The lowest BCUT2D eigenvalue weighted by atomic mass is 10.0. The van der Waals surface area contributed by atoms with E-state index in [1.54, 1.807) is 19.2 Å². The summed E-state index contributed by atoms with van der Waals surface area (Å²) in [6.07, 6.45) is 2.94. The summed E-state index contributed by atoms with van der Waals surface area (Å²) in [6, 6.07) is 7.30. The molecule has 0 unspecified atom stereocenters. The molecular weight excluding hydrogens is 268 g/mol. The summed E-state index contributed by atoms with van der Waals surface area (Å²) in [5.41, 5.74) is 1.55. The van der Waals surface area contributed by atoms with Crippen LogP contribution in [0.4, 0.5) is 0 Å². The Kier molecular flexibility index (Phi) is 5.18. The molecule has 1 aliphatic rings. The van der Waals surface area contributed by atoms with Gasteiger partial charge in [0, 0.05) is 12.1 Å². The Hall–Kier alpha value is -2.06. The molecular formula is C16H20N2O3. The molecule has 1 aliphatic heterocycles. The lowest BCUT2D eigenvalue weighted by Crippen LogP contribution is -2.44. The van der Waals surface area contributed by atoms with Gasteiger partial charge >= 0.3 is 5.97 Å². The summed E-state index contributed by atoms with van der Waals surface area (Å²) in [7, 11) is 3.02. The van der Waals surface area contributed by atoms with E-state index >= 15 is 0 Å². The van der Waals surface area contributed by atoms with Gasteiger partial charge in [-0.1, -0.05) is 12.5 Å². The van der Waals surface area contributed by atoms with E-state index in [0.717, 1.165) is 31.4 Å². The summed E-state index contributed by atoms with van der Waals surface area (Å²) in [5.74, 6) is 0.505. The van der Waals surface area contributed by atoms with Crippen molar-refractivity contribution in [3.05, 3.63) is 29.3 Å². The van der Waals surface area contributed by atoms with Crippen LogP contribution in [0.15, 0.2) is 18.2 Å². The third kappa shape index (κ3) is 3.53. The molecule has 1 fully saturated rings. The van der Waals surface area contributed by atoms with Crippen LogP contribution in [0.1, 0.15) is 30.4 Å². The summed E-state index contributed by atoms with van der Waals surface area (Å²) >= 11 is 0. The maximum absolute atomic E-state index is 11.9. The number of hydrogen-bond acceptors (Lipinski definition) is 5. The summed E-state index contributed by atoms with van der Waals surface area (Å²) < 4.78 is 10.3. The predicted molar refractivity (Wildman–Crippen MR) is 77.8 cm³/mol. The van der Waals surface area contributed by atoms with Gasteiger partial charge in [-0.2, -0.15) is 5.26 Å². The number of nitrogens with zero attached hydrogens (tertiary/aromatic N) is 2. The quantitative estimate of drug-likeness (QED) is 0.794. The standard InChI is InChI=1S/C16H20N2O3/c1-20-15-9-12(10-17)6-7-13(15)11-18-8-4-3-5-14(18)16(19)21-2/h6-7,9,14H,3-5,8,11H2,1-2H3/t14-/m1/s1. The van der Waals surface area contributed by atoms with Crippen molar-refractivity contribution in [2.45, 2.75) is 31.8 Å². The highest BCUT2D eigenvalue weighted by Crippen LogP contribution is 2.26. The Morgan fingerprint density at radius 1 is 1.43 bits per heavy atom. The number of likely N-dealkylation sites (tertiary alicyclic amines) is 1. The number of benzene rings is 1. The molecule has 0 aromatic heterocycles. The monoisotopic (exact) mass is 288 g/mol. The van der Waals surface area contributed by atoms with Gasteiger partial charge < -0.3 is 9.47 Å². The molecule has 2 rings (SSSR count).